The summed E-state index contributed by atoms with van der Waals surface area (Å²) in [6, 6.07) is 4.57. The van der Waals surface area contributed by atoms with Crippen LogP contribution >= 0.6 is 22.7 Å². The first kappa shape index (κ1) is 12.7. The van der Waals surface area contributed by atoms with E-state index in [1.165, 1.54) is 4.88 Å². The summed E-state index contributed by atoms with van der Waals surface area (Å²) in [4.78, 5) is 5.89. The number of nitrogens with zero attached hydrogens (tertiary/aromatic N) is 1. The summed E-state index contributed by atoms with van der Waals surface area (Å²) in [6.07, 6.45) is 3.05. The smallest absolute Gasteiger partial charge is 0.0944 e. The number of thiophene rings is 1. The van der Waals surface area contributed by atoms with Gasteiger partial charge in [0.15, 0.2) is 0 Å². The van der Waals surface area contributed by atoms with Gasteiger partial charge in [-0.3, -0.25) is 11.3 Å². The minimum atomic E-state index is 0.308. The average Bonchev–Trinajstić information content (AvgIpc) is 2.96. The van der Waals surface area contributed by atoms with Crippen molar-refractivity contribution in [3.05, 3.63) is 38.5 Å². The highest BCUT2D eigenvalue weighted by molar-refractivity contribution is 7.10. The fraction of sp³-hybridized carbons (Fsp3) is 0.417. The fourth-order valence-corrected chi connectivity index (χ4v) is 3.30. The molecule has 1 unspecified atom stereocenters. The van der Waals surface area contributed by atoms with Gasteiger partial charge in [-0.25, -0.2) is 4.98 Å². The van der Waals surface area contributed by atoms with Crippen molar-refractivity contribution in [1.29, 1.82) is 0 Å². The van der Waals surface area contributed by atoms with E-state index in [4.69, 9.17) is 5.84 Å². The molecule has 17 heavy (non-hydrogen) atoms. The molecule has 0 aliphatic carbocycles. The van der Waals surface area contributed by atoms with Crippen LogP contribution in [0, 0.1) is 6.92 Å². The van der Waals surface area contributed by atoms with Gasteiger partial charge in [-0.05, 0) is 31.2 Å². The molecular weight excluding hydrogens is 250 g/mol. The lowest BCUT2D eigenvalue weighted by molar-refractivity contribution is 0.492. The summed E-state index contributed by atoms with van der Waals surface area (Å²) in [6.45, 7) is 2.02. The summed E-state index contributed by atoms with van der Waals surface area (Å²) in [7, 11) is 0. The molecule has 0 bridgehead atoms. The van der Waals surface area contributed by atoms with E-state index in [2.05, 4.69) is 33.3 Å². The largest absolute Gasteiger partial charge is 0.271 e. The van der Waals surface area contributed by atoms with Crippen LogP contribution in [0.4, 0.5) is 0 Å². The monoisotopic (exact) mass is 267 g/mol. The van der Waals surface area contributed by atoms with Crippen LogP contribution in [0.5, 0.6) is 0 Å². The first-order valence-electron chi connectivity index (χ1n) is 5.67. The Bertz CT molecular complexity index is 436. The number of hydrogen-bond acceptors (Lipinski definition) is 5. The second-order valence-corrected chi connectivity index (χ2v) is 6.04. The zero-order chi connectivity index (χ0) is 12.1. The minimum absolute atomic E-state index is 0.308. The van der Waals surface area contributed by atoms with Gasteiger partial charge in [0.2, 0.25) is 0 Å². The maximum Gasteiger partial charge on any atom is 0.0944 e. The Balaban J connectivity index is 1.84. The van der Waals surface area contributed by atoms with E-state index in [0.717, 1.165) is 30.0 Å². The van der Waals surface area contributed by atoms with Crippen LogP contribution in [0.2, 0.25) is 0 Å². The van der Waals surface area contributed by atoms with Crippen LogP contribution in [0.1, 0.15) is 22.0 Å². The lowest BCUT2D eigenvalue weighted by atomic mass is 10.1. The maximum atomic E-state index is 5.60. The highest BCUT2D eigenvalue weighted by Gasteiger charge is 2.10. The maximum absolute atomic E-state index is 5.60. The van der Waals surface area contributed by atoms with Crippen molar-refractivity contribution < 1.29 is 0 Å². The van der Waals surface area contributed by atoms with Crippen molar-refractivity contribution in [2.75, 3.05) is 0 Å². The zero-order valence-corrected chi connectivity index (χ0v) is 11.5. The fourth-order valence-electron chi connectivity index (χ4n) is 1.72. The third kappa shape index (κ3) is 3.89. The van der Waals surface area contributed by atoms with Crippen molar-refractivity contribution in [3.8, 4) is 0 Å². The molecular formula is C12H17N3S2. The molecule has 0 fully saturated rings. The molecule has 0 saturated carbocycles. The summed E-state index contributed by atoms with van der Waals surface area (Å²) in [5.74, 6) is 5.60. The van der Waals surface area contributed by atoms with Gasteiger partial charge in [0.1, 0.15) is 0 Å². The first-order valence-corrected chi connectivity index (χ1v) is 7.43. The van der Waals surface area contributed by atoms with Gasteiger partial charge in [0.05, 0.1) is 5.01 Å². The molecule has 3 nitrogen and oxygen atoms in total. The summed E-state index contributed by atoms with van der Waals surface area (Å²) in [5, 5.41) is 5.36. The molecule has 2 rings (SSSR count). The van der Waals surface area contributed by atoms with Crippen LogP contribution in [-0.2, 0) is 12.8 Å². The van der Waals surface area contributed by atoms with E-state index < -0.39 is 0 Å². The van der Waals surface area contributed by atoms with Gasteiger partial charge in [-0.15, -0.1) is 22.7 Å². The summed E-state index contributed by atoms with van der Waals surface area (Å²) < 4.78 is 0. The van der Waals surface area contributed by atoms with Crippen molar-refractivity contribution in [3.63, 3.8) is 0 Å². The number of hydrogen-bond donors (Lipinski definition) is 2. The number of rotatable bonds is 6. The number of nitrogens with two attached hydrogens (primary N) is 1. The van der Waals surface area contributed by atoms with Gasteiger partial charge < -0.3 is 0 Å². The molecule has 0 radical (unpaired) electrons. The predicted octanol–water partition coefficient (Wildman–Crippen LogP) is 2.52. The van der Waals surface area contributed by atoms with E-state index in [0.29, 0.717) is 6.04 Å². The summed E-state index contributed by atoms with van der Waals surface area (Å²) in [5.41, 5.74) is 3.99. The Morgan fingerprint density at radius 1 is 1.47 bits per heavy atom. The van der Waals surface area contributed by atoms with Crippen molar-refractivity contribution in [2.24, 2.45) is 5.84 Å². The molecule has 2 heterocycles. The van der Waals surface area contributed by atoms with E-state index in [1.54, 1.807) is 22.7 Å². The molecule has 5 heteroatoms. The molecule has 0 aromatic carbocycles. The van der Waals surface area contributed by atoms with Gasteiger partial charge in [0, 0.05) is 28.4 Å². The normalized spacial score (nSPS) is 12.8. The van der Waals surface area contributed by atoms with Crippen LogP contribution in [0.25, 0.3) is 0 Å². The third-order valence-electron chi connectivity index (χ3n) is 2.64. The van der Waals surface area contributed by atoms with E-state index in [-0.39, 0.29) is 0 Å². The Labute approximate surface area is 110 Å². The van der Waals surface area contributed by atoms with Gasteiger partial charge in [0.25, 0.3) is 0 Å². The zero-order valence-electron chi connectivity index (χ0n) is 9.85. The molecule has 0 aliphatic rings. The molecule has 2 aromatic rings. The summed E-state index contributed by atoms with van der Waals surface area (Å²) >= 11 is 3.52. The highest BCUT2D eigenvalue weighted by atomic mass is 32.1. The van der Waals surface area contributed by atoms with Crippen LogP contribution in [-0.4, -0.2) is 11.0 Å². The van der Waals surface area contributed by atoms with Crippen LogP contribution in [0.15, 0.2) is 22.9 Å². The molecule has 92 valence electrons. The standard InChI is InChI=1S/C12H17N3S2/c1-9-8-17-12(14-9)7-10(15-13)4-5-11-3-2-6-16-11/h2-3,6,8,10,15H,4-5,7,13H2,1H3. The van der Waals surface area contributed by atoms with E-state index in [1.807, 2.05) is 6.92 Å². The lowest BCUT2D eigenvalue weighted by Crippen LogP contribution is -2.37. The van der Waals surface area contributed by atoms with E-state index in [9.17, 15) is 0 Å². The SMILES string of the molecule is Cc1csc(CC(CCc2cccs2)NN)n1. The average molecular weight is 267 g/mol. The predicted molar refractivity (Wildman–Crippen MR) is 74.3 cm³/mol. The Hall–Kier alpha value is -0.750. The molecule has 1 atom stereocenters. The number of aryl methyl sites for hydroxylation is 2. The Morgan fingerprint density at radius 3 is 2.94 bits per heavy atom. The molecule has 3 N–H and O–H groups in total. The number of aromatic nitrogens is 1. The first-order chi connectivity index (χ1) is 8.28. The molecule has 2 aromatic heterocycles. The molecule has 0 saturated heterocycles. The van der Waals surface area contributed by atoms with Crippen molar-refractivity contribution in [2.45, 2.75) is 32.2 Å². The second kappa shape index (κ2) is 6.26. The third-order valence-corrected chi connectivity index (χ3v) is 4.57. The molecule has 0 amide bonds. The topological polar surface area (TPSA) is 50.9 Å². The van der Waals surface area contributed by atoms with Crippen molar-refractivity contribution >= 4 is 22.7 Å². The quantitative estimate of drug-likeness (QED) is 0.624. The minimum Gasteiger partial charge on any atom is -0.271 e. The number of nitrogens with one attached hydrogen (secondary N) is 1. The number of thiazole rings is 1. The van der Waals surface area contributed by atoms with Gasteiger partial charge >= 0.3 is 0 Å². The number of hydrazine groups is 1. The van der Waals surface area contributed by atoms with Crippen LogP contribution < -0.4 is 11.3 Å². The van der Waals surface area contributed by atoms with Gasteiger partial charge in [-0.1, -0.05) is 6.07 Å². The Morgan fingerprint density at radius 2 is 2.35 bits per heavy atom. The molecule has 0 spiro atoms. The second-order valence-electron chi connectivity index (χ2n) is 4.07. The van der Waals surface area contributed by atoms with E-state index >= 15 is 0 Å². The lowest BCUT2D eigenvalue weighted by Gasteiger charge is -2.13. The Kier molecular flexibility index (Phi) is 4.67. The molecule has 0 aliphatic heterocycles. The highest BCUT2D eigenvalue weighted by Crippen LogP contribution is 2.15. The van der Waals surface area contributed by atoms with Gasteiger partial charge in [-0.2, -0.15) is 0 Å². The van der Waals surface area contributed by atoms with Crippen molar-refractivity contribution in [1.82, 2.24) is 10.4 Å². The van der Waals surface area contributed by atoms with Crippen LogP contribution in [0.3, 0.4) is 0 Å².